The first-order valence-electron chi connectivity index (χ1n) is 5.05. The molecule has 1 nitrogen and oxygen atoms in total. The molecule has 0 amide bonds. The number of benzene rings is 1. The molecule has 0 fully saturated rings. The minimum atomic E-state index is 0.588. The summed E-state index contributed by atoms with van der Waals surface area (Å²) in [7, 11) is 2.12. The molecule has 2 heteroatoms. The quantitative estimate of drug-likeness (QED) is 0.689. The molecule has 0 aliphatic rings. The van der Waals surface area contributed by atoms with Gasteiger partial charge in [0.15, 0.2) is 0 Å². The monoisotopic (exact) mass is 211 g/mol. The molecule has 0 bridgehead atoms. The van der Waals surface area contributed by atoms with E-state index >= 15 is 0 Å². The standard InChI is InChI=1S/C12H18ClN/c1-4-7-14(3)12-6-5-10(2)8-11(12)9-13/h5-6,8H,4,7,9H2,1-3H3. The smallest absolute Gasteiger partial charge is 0.0494 e. The molecular weight excluding hydrogens is 194 g/mol. The van der Waals surface area contributed by atoms with E-state index in [9.17, 15) is 0 Å². The Balaban J connectivity index is 2.95. The topological polar surface area (TPSA) is 3.24 Å². The maximum absolute atomic E-state index is 5.92. The first-order valence-corrected chi connectivity index (χ1v) is 5.59. The Morgan fingerprint density at radius 3 is 2.64 bits per heavy atom. The van der Waals surface area contributed by atoms with E-state index in [1.165, 1.54) is 16.8 Å². The molecule has 0 aliphatic carbocycles. The molecule has 1 aromatic carbocycles. The van der Waals surface area contributed by atoms with Crippen LogP contribution >= 0.6 is 11.6 Å². The van der Waals surface area contributed by atoms with Crippen molar-refractivity contribution in [2.24, 2.45) is 0 Å². The lowest BCUT2D eigenvalue weighted by atomic mass is 10.1. The van der Waals surface area contributed by atoms with Gasteiger partial charge in [0, 0.05) is 25.2 Å². The minimum absolute atomic E-state index is 0.588. The highest BCUT2D eigenvalue weighted by atomic mass is 35.5. The van der Waals surface area contributed by atoms with Gasteiger partial charge in [0.25, 0.3) is 0 Å². The van der Waals surface area contributed by atoms with Gasteiger partial charge in [-0.05, 0) is 25.0 Å². The van der Waals surface area contributed by atoms with Gasteiger partial charge in [-0.15, -0.1) is 11.6 Å². The number of alkyl halides is 1. The van der Waals surface area contributed by atoms with Gasteiger partial charge < -0.3 is 4.90 Å². The van der Waals surface area contributed by atoms with Crippen molar-refractivity contribution < 1.29 is 0 Å². The van der Waals surface area contributed by atoms with Crippen LogP contribution in [0.1, 0.15) is 24.5 Å². The lowest BCUT2D eigenvalue weighted by Crippen LogP contribution is -2.19. The highest BCUT2D eigenvalue weighted by molar-refractivity contribution is 6.17. The average molecular weight is 212 g/mol. The molecule has 1 rings (SSSR count). The Hall–Kier alpha value is -0.690. The van der Waals surface area contributed by atoms with E-state index in [1.54, 1.807) is 0 Å². The fourth-order valence-electron chi connectivity index (χ4n) is 1.65. The van der Waals surface area contributed by atoms with Crippen molar-refractivity contribution in [2.45, 2.75) is 26.1 Å². The fraction of sp³-hybridized carbons (Fsp3) is 0.500. The van der Waals surface area contributed by atoms with Crippen LogP contribution in [0.4, 0.5) is 5.69 Å². The highest BCUT2D eigenvalue weighted by Gasteiger charge is 2.05. The van der Waals surface area contributed by atoms with E-state index in [0.717, 1.165) is 13.0 Å². The predicted molar refractivity (Wildman–Crippen MR) is 64.3 cm³/mol. The second-order valence-corrected chi connectivity index (χ2v) is 3.95. The van der Waals surface area contributed by atoms with Crippen LogP contribution in [0.5, 0.6) is 0 Å². The summed E-state index contributed by atoms with van der Waals surface area (Å²) in [6.45, 7) is 5.36. The first-order chi connectivity index (χ1) is 6.69. The van der Waals surface area contributed by atoms with Gasteiger partial charge in [0.2, 0.25) is 0 Å². The molecule has 0 unspecified atom stereocenters. The fourth-order valence-corrected chi connectivity index (χ4v) is 1.86. The molecule has 0 N–H and O–H groups in total. The van der Waals surface area contributed by atoms with Crippen molar-refractivity contribution in [3.05, 3.63) is 29.3 Å². The van der Waals surface area contributed by atoms with E-state index < -0.39 is 0 Å². The molecule has 0 spiro atoms. The van der Waals surface area contributed by atoms with Crippen molar-refractivity contribution in [2.75, 3.05) is 18.5 Å². The van der Waals surface area contributed by atoms with Crippen LogP contribution < -0.4 is 4.90 Å². The summed E-state index contributed by atoms with van der Waals surface area (Å²) in [5.41, 5.74) is 3.75. The largest absolute Gasteiger partial charge is 0.374 e. The third-order valence-corrected chi connectivity index (χ3v) is 2.64. The zero-order valence-electron chi connectivity index (χ0n) is 9.18. The predicted octanol–water partition coefficient (Wildman–Crippen LogP) is 3.58. The van der Waals surface area contributed by atoms with Gasteiger partial charge in [0.1, 0.15) is 0 Å². The van der Waals surface area contributed by atoms with E-state index in [-0.39, 0.29) is 0 Å². The Morgan fingerprint density at radius 1 is 1.36 bits per heavy atom. The van der Waals surface area contributed by atoms with Crippen molar-refractivity contribution >= 4 is 17.3 Å². The summed E-state index contributed by atoms with van der Waals surface area (Å²) >= 11 is 5.92. The molecule has 0 saturated carbocycles. The zero-order valence-corrected chi connectivity index (χ0v) is 9.93. The summed E-state index contributed by atoms with van der Waals surface area (Å²) in [6, 6.07) is 6.45. The van der Waals surface area contributed by atoms with Crippen LogP contribution in [0.3, 0.4) is 0 Å². The minimum Gasteiger partial charge on any atom is -0.374 e. The molecule has 14 heavy (non-hydrogen) atoms. The maximum atomic E-state index is 5.92. The number of rotatable bonds is 4. The molecule has 78 valence electrons. The number of hydrogen-bond donors (Lipinski definition) is 0. The normalized spacial score (nSPS) is 10.3. The second kappa shape index (κ2) is 5.26. The summed E-state index contributed by atoms with van der Waals surface area (Å²) < 4.78 is 0. The molecule has 0 radical (unpaired) electrons. The molecular formula is C12H18ClN. The molecule has 0 aromatic heterocycles. The van der Waals surface area contributed by atoms with Crippen molar-refractivity contribution in [1.29, 1.82) is 0 Å². The zero-order chi connectivity index (χ0) is 10.6. The summed E-state index contributed by atoms with van der Waals surface area (Å²) in [5, 5.41) is 0. The van der Waals surface area contributed by atoms with Crippen molar-refractivity contribution in [3.8, 4) is 0 Å². The number of halogens is 1. The summed E-state index contributed by atoms with van der Waals surface area (Å²) in [5.74, 6) is 0.588. The van der Waals surface area contributed by atoms with E-state index in [0.29, 0.717) is 5.88 Å². The van der Waals surface area contributed by atoms with Crippen LogP contribution in [-0.2, 0) is 5.88 Å². The number of anilines is 1. The van der Waals surface area contributed by atoms with E-state index in [1.807, 2.05) is 0 Å². The lowest BCUT2D eigenvalue weighted by Gasteiger charge is -2.21. The molecule has 0 saturated heterocycles. The number of nitrogens with zero attached hydrogens (tertiary/aromatic N) is 1. The van der Waals surface area contributed by atoms with Crippen LogP contribution in [0.15, 0.2) is 18.2 Å². The Kier molecular flexibility index (Phi) is 4.27. The highest BCUT2D eigenvalue weighted by Crippen LogP contribution is 2.22. The van der Waals surface area contributed by atoms with Crippen molar-refractivity contribution in [1.82, 2.24) is 0 Å². The van der Waals surface area contributed by atoms with Gasteiger partial charge in [-0.1, -0.05) is 24.6 Å². The second-order valence-electron chi connectivity index (χ2n) is 3.69. The SMILES string of the molecule is CCCN(C)c1ccc(C)cc1CCl. The summed E-state index contributed by atoms with van der Waals surface area (Å²) in [6.07, 6.45) is 1.16. The van der Waals surface area contributed by atoms with Gasteiger partial charge in [-0.25, -0.2) is 0 Å². The van der Waals surface area contributed by atoms with E-state index in [4.69, 9.17) is 11.6 Å². The van der Waals surface area contributed by atoms with E-state index in [2.05, 4.69) is 44.0 Å². The molecule has 0 aliphatic heterocycles. The van der Waals surface area contributed by atoms with Gasteiger partial charge >= 0.3 is 0 Å². The molecule has 1 aromatic rings. The lowest BCUT2D eigenvalue weighted by molar-refractivity contribution is 0.848. The summed E-state index contributed by atoms with van der Waals surface area (Å²) in [4.78, 5) is 2.26. The van der Waals surface area contributed by atoms with Crippen LogP contribution in [0, 0.1) is 6.92 Å². The molecule has 0 heterocycles. The van der Waals surface area contributed by atoms with Gasteiger partial charge in [0.05, 0.1) is 0 Å². The van der Waals surface area contributed by atoms with Crippen LogP contribution in [-0.4, -0.2) is 13.6 Å². The van der Waals surface area contributed by atoms with Gasteiger partial charge in [-0.3, -0.25) is 0 Å². The molecule has 0 atom stereocenters. The van der Waals surface area contributed by atoms with Gasteiger partial charge in [-0.2, -0.15) is 0 Å². The third-order valence-electron chi connectivity index (χ3n) is 2.35. The first kappa shape index (κ1) is 11.4. The number of hydrogen-bond acceptors (Lipinski definition) is 1. The number of aryl methyl sites for hydroxylation is 1. The Bertz CT molecular complexity index is 296. The van der Waals surface area contributed by atoms with Crippen molar-refractivity contribution in [3.63, 3.8) is 0 Å². The Labute approximate surface area is 91.7 Å². The Morgan fingerprint density at radius 2 is 2.07 bits per heavy atom. The third kappa shape index (κ3) is 2.65. The maximum Gasteiger partial charge on any atom is 0.0494 e. The average Bonchev–Trinajstić information content (AvgIpc) is 2.17. The van der Waals surface area contributed by atoms with Crippen LogP contribution in [0.2, 0.25) is 0 Å². The van der Waals surface area contributed by atoms with Crippen LogP contribution in [0.25, 0.3) is 0 Å².